The number of carbonyl (C=O) groups excluding carboxylic acids is 3. The van der Waals surface area contributed by atoms with Crippen LogP contribution < -0.4 is 5.73 Å². The first-order chi connectivity index (χ1) is 11.9. The second-order valence-electron chi connectivity index (χ2n) is 8.41. The third-order valence-electron chi connectivity index (χ3n) is 6.01. The molecule has 0 bridgehead atoms. The maximum Gasteiger partial charge on any atom is 0.240 e. The van der Waals surface area contributed by atoms with Crippen LogP contribution in [0.5, 0.6) is 0 Å². The Morgan fingerprint density at radius 1 is 1.16 bits per heavy atom. The predicted octanol–water partition coefficient (Wildman–Crippen LogP) is 1.32. The van der Waals surface area contributed by atoms with Crippen LogP contribution in [0.4, 0.5) is 0 Å². The summed E-state index contributed by atoms with van der Waals surface area (Å²) in [7, 11) is 0. The van der Waals surface area contributed by atoms with E-state index >= 15 is 0 Å². The lowest BCUT2D eigenvalue weighted by molar-refractivity contribution is -0.137. The molecule has 140 valence electrons. The zero-order chi connectivity index (χ0) is 18.1. The molecule has 3 rings (SSSR count). The Bertz CT molecular complexity index is 542. The molecule has 0 aromatic heterocycles. The lowest BCUT2D eigenvalue weighted by atomic mass is 10.0. The van der Waals surface area contributed by atoms with Crippen LogP contribution in [-0.4, -0.2) is 58.6 Å². The fourth-order valence-electron chi connectivity index (χ4n) is 4.79. The highest BCUT2D eigenvalue weighted by atomic mass is 16.2. The third kappa shape index (κ3) is 3.73. The Labute approximate surface area is 150 Å². The highest BCUT2D eigenvalue weighted by Crippen LogP contribution is 2.33. The summed E-state index contributed by atoms with van der Waals surface area (Å²) in [6, 6.07) is -1.18. The summed E-state index contributed by atoms with van der Waals surface area (Å²) >= 11 is 0. The zero-order valence-corrected chi connectivity index (χ0v) is 15.4. The summed E-state index contributed by atoms with van der Waals surface area (Å²) in [5, 5.41) is 0. The minimum absolute atomic E-state index is 0.00707. The maximum absolute atomic E-state index is 12.7. The van der Waals surface area contributed by atoms with Gasteiger partial charge in [0.05, 0.1) is 18.6 Å². The molecule has 0 spiro atoms. The molecular formula is C19H31N3O3. The number of fused-ring (bicyclic) bond motifs is 1. The zero-order valence-electron chi connectivity index (χ0n) is 15.4. The summed E-state index contributed by atoms with van der Waals surface area (Å²) in [4.78, 5) is 41.3. The van der Waals surface area contributed by atoms with Crippen LogP contribution in [0, 0.1) is 11.8 Å². The molecule has 25 heavy (non-hydrogen) atoms. The van der Waals surface area contributed by atoms with E-state index in [4.69, 9.17) is 5.73 Å². The van der Waals surface area contributed by atoms with Crippen LogP contribution in [0.15, 0.2) is 0 Å². The Hall–Kier alpha value is -1.43. The molecule has 6 heteroatoms. The van der Waals surface area contributed by atoms with Crippen LogP contribution in [0.1, 0.15) is 58.8 Å². The number of rotatable bonds is 5. The molecule has 2 aliphatic heterocycles. The van der Waals surface area contributed by atoms with Crippen molar-refractivity contribution in [2.24, 2.45) is 17.6 Å². The summed E-state index contributed by atoms with van der Waals surface area (Å²) in [5.74, 6) is 0.752. The molecule has 3 unspecified atom stereocenters. The molecule has 1 aliphatic carbocycles. The van der Waals surface area contributed by atoms with E-state index < -0.39 is 12.1 Å². The van der Waals surface area contributed by atoms with Crippen molar-refractivity contribution in [1.82, 2.24) is 9.80 Å². The lowest BCUT2D eigenvalue weighted by Gasteiger charge is -2.27. The van der Waals surface area contributed by atoms with E-state index in [0.29, 0.717) is 37.6 Å². The number of likely N-dealkylation sites (tertiary alicyclic amines) is 2. The van der Waals surface area contributed by atoms with Gasteiger partial charge in [0, 0.05) is 13.0 Å². The van der Waals surface area contributed by atoms with Crippen molar-refractivity contribution in [3.8, 4) is 0 Å². The molecule has 2 amide bonds. The second kappa shape index (κ2) is 7.44. The van der Waals surface area contributed by atoms with Crippen LogP contribution in [0.3, 0.4) is 0 Å². The topological polar surface area (TPSA) is 83.7 Å². The largest absolute Gasteiger partial charge is 0.330 e. The first kappa shape index (κ1) is 18.4. The van der Waals surface area contributed by atoms with Gasteiger partial charge in [0.25, 0.3) is 0 Å². The highest BCUT2D eigenvalue weighted by Gasteiger charge is 2.51. The molecule has 0 aromatic carbocycles. The van der Waals surface area contributed by atoms with E-state index in [-0.39, 0.29) is 30.2 Å². The van der Waals surface area contributed by atoms with Crippen LogP contribution in [0.2, 0.25) is 0 Å². The number of nitrogens with two attached hydrogens (primary N) is 1. The molecular weight excluding hydrogens is 318 g/mol. The monoisotopic (exact) mass is 349 g/mol. The molecule has 6 nitrogen and oxygen atoms in total. The van der Waals surface area contributed by atoms with Gasteiger partial charge in [-0.2, -0.15) is 0 Å². The Kier molecular flexibility index (Phi) is 5.46. The van der Waals surface area contributed by atoms with Crippen molar-refractivity contribution in [1.29, 1.82) is 0 Å². The van der Waals surface area contributed by atoms with Crippen LogP contribution in [0.25, 0.3) is 0 Å². The van der Waals surface area contributed by atoms with Crippen molar-refractivity contribution in [2.45, 2.75) is 76.9 Å². The van der Waals surface area contributed by atoms with Gasteiger partial charge < -0.3 is 15.5 Å². The predicted molar refractivity (Wildman–Crippen MR) is 94.6 cm³/mol. The summed E-state index contributed by atoms with van der Waals surface area (Å²) in [5.41, 5.74) is 6.05. The van der Waals surface area contributed by atoms with Gasteiger partial charge in [0.1, 0.15) is 6.04 Å². The number of nitrogens with zero attached hydrogens (tertiary/aromatic N) is 2. The molecule has 3 atom stereocenters. The van der Waals surface area contributed by atoms with Crippen molar-refractivity contribution in [3.05, 3.63) is 0 Å². The lowest BCUT2D eigenvalue weighted by Crippen LogP contribution is -2.50. The van der Waals surface area contributed by atoms with Gasteiger partial charge >= 0.3 is 0 Å². The number of ketones is 1. The van der Waals surface area contributed by atoms with Crippen molar-refractivity contribution in [3.63, 3.8) is 0 Å². The average Bonchev–Trinajstić information content (AvgIpc) is 3.24. The van der Waals surface area contributed by atoms with Gasteiger partial charge in [0.2, 0.25) is 11.8 Å². The summed E-state index contributed by atoms with van der Waals surface area (Å²) in [6.45, 7) is 4.75. The number of hydrogen-bond acceptors (Lipinski definition) is 4. The van der Waals surface area contributed by atoms with E-state index in [1.165, 1.54) is 12.8 Å². The molecule has 2 N–H and O–H groups in total. The standard InChI is InChI=1S/C19H31N3O3/c1-12(2)9-14(20)19(25)21-8-7-15-18(21)16(23)11-22(15)17(24)10-13-5-3-4-6-13/h12-15,18H,3-11,20H2,1-2H3. The number of carbonyl (C=O) groups is 3. The molecule has 0 aromatic rings. The van der Waals surface area contributed by atoms with Crippen molar-refractivity contribution >= 4 is 17.6 Å². The number of amides is 2. The fraction of sp³-hybridized carbons (Fsp3) is 0.842. The van der Waals surface area contributed by atoms with Gasteiger partial charge in [-0.3, -0.25) is 14.4 Å². The molecule has 2 heterocycles. The van der Waals surface area contributed by atoms with Crippen molar-refractivity contribution in [2.75, 3.05) is 13.1 Å². The minimum atomic E-state index is -0.560. The Morgan fingerprint density at radius 2 is 1.84 bits per heavy atom. The second-order valence-corrected chi connectivity index (χ2v) is 8.41. The van der Waals surface area contributed by atoms with E-state index in [2.05, 4.69) is 0 Å². The van der Waals surface area contributed by atoms with E-state index in [9.17, 15) is 14.4 Å². The van der Waals surface area contributed by atoms with Gasteiger partial charge in [-0.25, -0.2) is 0 Å². The van der Waals surface area contributed by atoms with E-state index in [1.54, 1.807) is 9.80 Å². The molecule has 1 saturated carbocycles. The normalized spacial score (nSPS) is 28.1. The molecule has 2 saturated heterocycles. The smallest absolute Gasteiger partial charge is 0.240 e. The first-order valence-corrected chi connectivity index (χ1v) is 9.76. The van der Waals surface area contributed by atoms with Gasteiger partial charge in [-0.15, -0.1) is 0 Å². The van der Waals surface area contributed by atoms with Gasteiger partial charge in [-0.05, 0) is 37.5 Å². The minimum Gasteiger partial charge on any atom is -0.330 e. The fourth-order valence-corrected chi connectivity index (χ4v) is 4.79. The van der Waals surface area contributed by atoms with Crippen LogP contribution in [-0.2, 0) is 14.4 Å². The summed E-state index contributed by atoms with van der Waals surface area (Å²) < 4.78 is 0. The SMILES string of the molecule is CC(C)CC(N)C(=O)N1CCC2C1C(=O)CN2C(=O)CC1CCCC1. The highest BCUT2D eigenvalue weighted by molar-refractivity contribution is 5.98. The number of Topliss-reactive ketones (excluding diaryl/α,β-unsaturated/α-hetero) is 1. The van der Waals surface area contributed by atoms with E-state index in [1.807, 2.05) is 13.8 Å². The molecule has 3 fully saturated rings. The summed E-state index contributed by atoms with van der Waals surface area (Å²) in [6.07, 6.45) is 6.51. The molecule has 3 aliphatic rings. The Morgan fingerprint density at radius 3 is 2.48 bits per heavy atom. The molecule has 0 radical (unpaired) electrons. The van der Waals surface area contributed by atoms with Crippen LogP contribution >= 0.6 is 0 Å². The number of hydrogen-bond donors (Lipinski definition) is 1. The quantitative estimate of drug-likeness (QED) is 0.811. The Balaban J connectivity index is 1.64. The third-order valence-corrected chi connectivity index (χ3v) is 6.01. The van der Waals surface area contributed by atoms with Gasteiger partial charge in [-0.1, -0.05) is 26.7 Å². The van der Waals surface area contributed by atoms with Gasteiger partial charge in [0.15, 0.2) is 5.78 Å². The van der Waals surface area contributed by atoms with Crippen molar-refractivity contribution < 1.29 is 14.4 Å². The first-order valence-electron chi connectivity index (χ1n) is 9.76. The van der Waals surface area contributed by atoms with E-state index in [0.717, 1.165) is 12.8 Å². The maximum atomic E-state index is 12.7. The average molecular weight is 349 g/mol.